The van der Waals surface area contributed by atoms with Crippen LogP contribution < -0.4 is 5.32 Å². The van der Waals surface area contributed by atoms with Crippen molar-refractivity contribution in [3.05, 3.63) is 48.6 Å². The maximum absolute atomic E-state index is 12.1. The maximum Gasteiger partial charge on any atom is 0.331 e. The highest BCUT2D eigenvalue weighted by atomic mass is 16.2. The lowest BCUT2D eigenvalue weighted by molar-refractivity contribution is -0.138. The highest BCUT2D eigenvalue weighted by molar-refractivity contribution is 6.19. The summed E-state index contributed by atoms with van der Waals surface area (Å²) >= 11 is 0. The van der Waals surface area contributed by atoms with Crippen LogP contribution in [0.2, 0.25) is 0 Å². The molecule has 92 valence electrons. The first-order chi connectivity index (χ1) is 8.65. The molecule has 0 bridgehead atoms. The predicted octanol–water partition coefficient (Wildman–Crippen LogP) is 1.03. The zero-order valence-corrected chi connectivity index (χ0v) is 9.63. The van der Waals surface area contributed by atoms with Crippen molar-refractivity contribution >= 4 is 17.8 Å². The van der Waals surface area contributed by atoms with E-state index >= 15 is 0 Å². The fourth-order valence-corrected chi connectivity index (χ4v) is 1.85. The second kappa shape index (κ2) is 4.83. The van der Waals surface area contributed by atoms with Crippen LogP contribution in [0.1, 0.15) is 11.5 Å². The fraction of sp³-hybridized carbons (Fsp3) is 0.154. The van der Waals surface area contributed by atoms with Crippen molar-refractivity contribution in [2.24, 2.45) is 0 Å². The van der Waals surface area contributed by atoms with Gasteiger partial charge >= 0.3 is 6.03 Å². The second-order valence-electron chi connectivity index (χ2n) is 3.88. The van der Waals surface area contributed by atoms with Gasteiger partial charge in [-0.3, -0.25) is 19.8 Å². The van der Waals surface area contributed by atoms with E-state index in [1.54, 1.807) is 30.3 Å². The topological polar surface area (TPSA) is 66.5 Å². The highest BCUT2D eigenvalue weighted by Crippen LogP contribution is 2.22. The normalized spacial score (nSPS) is 19.7. The molecule has 4 amide bonds. The van der Waals surface area contributed by atoms with Gasteiger partial charge in [0.15, 0.2) is 0 Å². The molecule has 1 aliphatic heterocycles. The summed E-state index contributed by atoms with van der Waals surface area (Å²) in [4.78, 5) is 36.4. The minimum atomic E-state index is -0.969. The lowest BCUT2D eigenvalue weighted by Crippen LogP contribution is -2.56. The van der Waals surface area contributed by atoms with E-state index in [0.717, 1.165) is 4.90 Å². The summed E-state index contributed by atoms with van der Waals surface area (Å²) < 4.78 is 0. The number of nitrogens with one attached hydrogen (secondary N) is 1. The molecule has 1 N–H and O–H groups in total. The van der Waals surface area contributed by atoms with Crippen molar-refractivity contribution in [1.82, 2.24) is 10.2 Å². The van der Waals surface area contributed by atoms with Crippen LogP contribution in [0.5, 0.6) is 0 Å². The third kappa shape index (κ3) is 2.02. The molecule has 1 atom stereocenters. The summed E-state index contributed by atoms with van der Waals surface area (Å²) in [6, 6.07) is 7.95. The molecule has 1 aromatic carbocycles. The van der Waals surface area contributed by atoms with Crippen molar-refractivity contribution in [2.45, 2.75) is 5.92 Å². The molecule has 5 heteroatoms. The van der Waals surface area contributed by atoms with Crippen LogP contribution in [-0.2, 0) is 9.59 Å². The molecule has 1 aromatic rings. The number of amides is 4. The molecular weight excluding hydrogens is 232 g/mol. The summed E-state index contributed by atoms with van der Waals surface area (Å²) in [6.07, 6.45) is 1.44. The lowest BCUT2D eigenvalue weighted by Gasteiger charge is -2.29. The Morgan fingerprint density at radius 1 is 1.22 bits per heavy atom. The first-order valence-corrected chi connectivity index (χ1v) is 5.47. The zero-order valence-electron chi connectivity index (χ0n) is 9.63. The molecule has 18 heavy (non-hydrogen) atoms. The third-order valence-electron chi connectivity index (χ3n) is 2.70. The van der Waals surface area contributed by atoms with Crippen LogP contribution in [0.25, 0.3) is 0 Å². The summed E-state index contributed by atoms with van der Waals surface area (Å²) in [5, 5.41) is 2.17. The lowest BCUT2D eigenvalue weighted by atomic mass is 9.95. The fourth-order valence-electron chi connectivity index (χ4n) is 1.85. The Hall–Kier alpha value is -2.43. The Labute approximate surface area is 104 Å². The molecule has 2 rings (SSSR count). The minimum Gasteiger partial charge on any atom is -0.277 e. The van der Waals surface area contributed by atoms with E-state index in [0.29, 0.717) is 5.56 Å². The molecule has 1 fully saturated rings. The highest BCUT2D eigenvalue weighted by Gasteiger charge is 2.40. The number of benzene rings is 1. The summed E-state index contributed by atoms with van der Waals surface area (Å²) in [5.41, 5.74) is 0.571. The van der Waals surface area contributed by atoms with Crippen molar-refractivity contribution in [2.75, 3.05) is 6.54 Å². The number of carbonyl (C=O) groups excluding carboxylic acids is 3. The number of imide groups is 2. The van der Waals surface area contributed by atoms with E-state index in [-0.39, 0.29) is 6.54 Å². The molecule has 0 spiro atoms. The van der Waals surface area contributed by atoms with Gasteiger partial charge in [-0.2, -0.15) is 0 Å². The molecule has 0 radical (unpaired) electrons. The van der Waals surface area contributed by atoms with Crippen molar-refractivity contribution in [3.63, 3.8) is 0 Å². The molecule has 1 aliphatic rings. The first kappa shape index (κ1) is 12.0. The summed E-state index contributed by atoms with van der Waals surface area (Å²) in [5.74, 6) is -2.07. The van der Waals surface area contributed by atoms with Gasteiger partial charge in [-0.05, 0) is 5.56 Å². The Morgan fingerprint density at radius 2 is 1.89 bits per heavy atom. The van der Waals surface area contributed by atoms with Crippen LogP contribution in [0, 0.1) is 0 Å². The van der Waals surface area contributed by atoms with Gasteiger partial charge in [0.1, 0.15) is 5.92 Å². The van der Waals surface area contributed by atoms with Gasteiger partial charge in [0.2, 0.25) is 11.8 Å². The summed E-state index contributed by atoms with van der Waals surface area (Å²) in [6.45, 7) is 3.57. The monoisotopic (exact) mass is 244 g/mol. The number of rotatable bonds is 3. The second-order valence-corrected chi connectivity index (χ2v) is 3.88. The van der Waals surface area contributed by atoms with Crippen molar-refractivity contribution < 1.29 is 14.4 Å². The average molecular weight is 244 g/mol. The van der Waals surface area contributed by atoms with E-state index in [1.165, 1.54) is 6.08 Å². The predicted molar refractivity (Wildman–Crippen MR) is 64.6 cm³/mol. The molecule has 5 nitrogen and oxygen atoms in total. The number of hydrogen-bond acceptors (Lipinski definition) is 3. The zero-order chi connectivity index (χ0) is 13.1. The van der Waals surface area contributed by atoms with Gasteiger partial charge in [0, 0.05) is 6.54 Å². The SMILES string of the molecule is C=CCN1C(=O)NC(=O)[C@@H](c2ccccc2)C1=O. The van der Waals surface area contributed by atoms with E-state index < -0.39 is 23.8 Å². The average Bonchev–Trinajstić information content (AvgIpc) is 2.35. The Morgan fingerprint density at radius 3 is 2.50 bits per heavy atom. The van der Waals surface area contributed by atoms with Gasteiger partial charge < -0.3 is 0 Å². The maximum atomic E-state index is 12.1. The molecule has 1 saturated heterocycles. The quantitative estimate of drug-likeness (QED) is 0.638. The molecular formula is C13H12N2O3. The van der Waals surface area contributed by atoms with E-state index in [1.807, 2.05) is 0 Å². The first-order valence-electron chi connectivity index (χ1n) is 5.47. The van der Waals surface area contributed by atoms with Crippen LogP contribution in [-0.4, -0.2) is 29.3 Å². The van der Waals surface area contributed by atoms with Crippen LogP contribution in [0.15, 0.2) is 43.0 Å². The van der Waals surface area contributed by atoms with Crippen molar-refractivity contribution in [1.29, 1.82) is 0 Å². The largest absolute Gasteiger partial charge is 0.331 e. The van der Waals surface area contributed by atoms with Gasteiger partial charge in [-0.1, -0.05) is 36.4 Å². The molecule has 0 saturated carbocycles. The van der Waals surface area contributed by atoms with E-state index in [2.05, 4.69) is 11.9 Å². The van der Waals surface area contributed by atoms with E-state index in [9.17, 15) is 14.4 Å². The smallest absolute Gasteiger partial charge is 0.277 e. The van der Waals surface area contributed by atoms with Gasteiger partial charge in [0.25, 0.3) is 0 Å². The Kier molecular flexibility index (Phi) is 3.23. The molecule has 1 heterocycles. The minimum absolute atomic E-state index is 0.0846. The van der Waals surface area contributed by atoms with Crippen LogP contribution >= 0.6 is 0 Å². The Balaban J connectivity index is 2.35. The number of urea groups is 1. The molecule has 0 unspecified atom stereocenters. The van der Waals surface area contributed by atoms with Gasteiger partial charge in [-0.25, -0.2) is 4.79 Å². The third-order valence-corrected chi connectivity index (χ3v) is 2.70. The van der Waals surface area contributed by atoms with Crippen LogP contribution in [0.3, 0.4) is 0 Å². The standard InChI is InChI=1S/C13H12N2O3/c1-2-8-15-12(17)10(11(16)14-13(15)18)9-6-4-3-5-7-9/h2-7,10H,1,8H2,(H,14,16,18)/t10-/m1/s1. The van der Waals surface area contributed by atoms with Crippen LogP contribution in [0.4, 0.5) is 4.79 Å². The van der Waals surface area contributed by atoms with E-state index in [4.69, 9.17) is 0 Å². The number of carbonyl (C=O) groups is 3. The van der Waals surface area contributed by atoms with Gasteiger partial charge in [0.05, 0.1) is 0 Å². The Bertz CT molecular complexity index is 510. The number of barbiturate groups is 1. The summed E-state index contributed by atoms with van der Waals surface area (Å²) in [7, 11) is 0. The number of hydrogen-bond donors (Lipinski definition) is 1. The number of nitrogens with zero attached hydrogens (tertiary/aromatic N) is 1. The van der Waals surface area contributed by atoms with Gasteiger partial charge in [-0.15, -0.1) is 6.58 Å². The van der Waals surface area contributed by atoms with Crippen molar-refractivity contribution in [3.8, 4) is 0 Å². The molecule has 0 aromatic heterocycles. The molecule has 0 aliphatic carbocycles.